The number of fused-ring (bicyclic) bond motifs is 6. The molecule has 1 aliphatic carbocycles. The Morgan fingerprint density at radius 2 is 1.00 bits per heavy atom. The average Bonchev–Trinajstić information content (AvgIpc) is 3.76. The van der Waals surface area contributed by atoms with E-state index in [1.807, 2.05) is 11.8 Å². The SMILES string of the molecule is C1=CC2Sc3c(-c4ccc5[nH]c6ccccc6c5c4)cc(-c4ccc(-c5ccccc5)cc4)cc3C2C=C1c1ccc(-c2ccccc2)cc1. The summed E-state index contributed by atoms with van der Waals surface area (Å²) in [6.45, 7) is 0. The monoisotopic (exact) mass is 655 g/mol. The van der Waals surface area contributed by atoms with Crippen LogP contribution in [0.15, 0.2) is 187 Å². The van der Waals surface area contributed by atoms with Crippen molar-refractivity contribution in [1.29, 1.82) is 0 Å². The molecule has 10 rings (SSSR count). The number of para-hydroxylation sites is 1. The van der Waals surface area contributed by atoms with Crippen molar-refractivity contribution in [3.05, 3.63) is 193 Å². The molecule has 7 aromatic carbocycles. The van der Waals surface area contributed by atoms with Crippen LogP contribution in [0.4, 0.5) is 0 Å². The van der Waals surface area contributed by atoms with Crippen LogP contribution in [0, 0.1) is 0 Å². The lowest BCUT2D eigenvalue weighted by Gasteiger charge is -2.20. The van der Waals surface area contributed by atoms with Crippen LogP contribution in [0.2, 0.25) is 0 Å². The molecule has 1 nitrogen and oxygen atoms in total. The molecule has 50 heavy (non-hydrogen) atoms. The number of aromatic nitrogens is 1. The van der Waals surface area contributed by atoms with Crippen LogP contribution in [0.25, 0.3) is 71.9 Å². The Hall–Kier alpha value is -5.83. The van der Waals surface area contributed by atoms with Gasteiger partial charge in [-0.05, 0) is 91.5 Å². The van der Waals surface area contributed by atoms with Crippen molar-refractivity contribution in [3.8, 4) is 44.5 Å². The Bertz CT molecular complexity index is 2590. The summed E-state index contributed by atoms with van der Waals surface area (Å²) in [5, 5.41) is 2.90. The summed E-state index contributed by atoms with van der Waals surface area (Å²) in [6.07, 6.45) is 7.27. The van der Waals surface area contributed by atoms with Gasteiger partial charge in [-0.1, -0.05) is 152 Å². The first-order valence-electron chi connectivity index (χ1n) is 17.3. The minimum Gasteiger partial charge on any atom is -0.355 e. The third kappa shape index (κ3) is 5.03. The van der Waals surface area contributed by atoms with E-state index in [2.05, 4.69) is 187 Å². The Balaban J connectivity index is 1.09. The van der Waals surface area contributed by atoms with E-state index in [0.717, 1.165) is 0 Å². The third-order valence-electron chi connectivity index (χ3n) is 10.4. The standard InChI is InChI=1S/C48H33NS/c1-3-9-31(10-4-1)33-15-19-35(20-16-33)37-24-26-47-43(27-37)44-30-39(36-21-17-34(18-22-36)32-11-5-2-6-12-32)29-41(48(44)50-47)38-23-25-46-42(28-38)40-13-7-8-14-45(40)49-46/h1-30,43,47,49H. The van der Waals surface area contributed by atoms with Crippen LogP contribution in [-0.2, 0) is 0 Å². The van der Waals surface area contributed by atoms with Crippen molar-refractivity contribution in [2.24, 2.45) is 0 Å². The molecule has 0 spiro atoms. The summed E-state index contributed by atoms with van der Waals surface area (Å²) in [4.78, 5) is 5.01. The van der Waals surface area contributed by atoms with Gasteiger partial charge >= 0.3 is 0 Å². The summed E-state index contributed by atoms with van der Waals surface area (Å²) >= 11 is 2.01. The summed E-state index contributed by atoms with van der Waals surface area (Å²) in [7, 11) is 0. The number of thioether (sulfide) groups is 1. The zero-order valence-corrected chi connectivity index (χ0v) is 28.2. The van der Waals surface area contributed by atoms with Crippen molar-refractivity contribution < 1.29 is 0 Å². The van der Waals surface area contributed by atoms with Gasteiger partial charge in [-0.3, -0.25) is 0 Å². The van der Waals surface area contributed by atoms with E-state index in [1.165, 1.54) is 87.9 Å². The van der Waals surface area contributed by atoms with Crippen molar-refractivity contribution in [1.82, 2.24) is 4.98 Å². The number of aromatic amines is 1. The van der Waals surface area contributed by atoms with Crippen LogP contribution in [0.3, 0.4) is 0 Å². The van der Waals surface area contributed by atoms with Crippen LogP contribution >= 0.6 is 11.8 Å². The molecule has 1 N–H and O–H groups in total. The highest BCUT2D eigenvalue weighted by molar-refractivity contribution is 8.00. The minimum absolute atomic E-state index is 0.294. The van der Waals surface area contributed by atoms with Gasteiger partial charge in [0, 0.05) is 37.9 Å². The molecule has 1 aromatic heterocycles. The van der Waals surface area contributed by atoms with E-state index < -0.39 is 0 Å². The van der Waals surface area contributed by atoms with Gasteiger partial charge in [-0.15, -0.1) is 11.8 Å². The zero-order valence-electron chi connectivity index (χ0n) is 27.4. The number of H-pyrrole nitrogens is 1. The topological polar surface area (TPSA) is 15.8 Å². The summed E-state index contributed by atoms with van der Waals surface area (Å²) < 4.78 is 0. The van der Waals surface area contributed by atoms with Crippen molar-refractivity contribution >= 4 is 39.1 Å². The van der Waals surface area contributed by atoms with Crippen LogP contribution in [0.1, 0.15) is 17.0 Å². The smallest absolute Gasteiger partial charge is 0.0465 e. The van der Waals surface area contributed by atoms with Gasteiger partial charge < -0.3 is 4.98 Å². The van der Waals surface area contributed by atoms with Gasteiger partial charge in [0.25, 0.3) is 0 Å². The van der Waals surface area contributed by atoms with E-state index in [9.17, 15) is 0 Å². The maximum Gasteiger partial charge on any atom is 0.0465 e. The number of rotatable bonds is 5. The molecule has 0 radical (unpaired) electrons. The highest BCUT2D eigenvalue weighted by atomic mass is 32.2. The van der Waals surface area contributed by atoms with E-state index in [0.29, 0.717) is 11.2 Å². The van der Waals surface area contributed by atoms with Crippen LogP contribution in [-0.4, -0.2) is 10.2 Å². The largest absolute Gasteiger partial charge is 0.355 e. The molecule has 0 saturated carbocycles. The molecule has 2 aliphatic rings. The average molecular weight is 656 g/mol. The quantitative estimate of drug-likeness (QED) is 0.195. The Morgan fingerprint density at radius 1 is 0.440 bits per heavy atom. The number of hydrogen-bond acceptors (Lipinski definition) is 1. The fraction of sp³-hybridized carbons (Fsp3) is 0.0417. The van der Waals surface area contributed by atoms with Crippen molar-refractivity contribution in [2.75, 3.05) is 0 Å². The maximum absolute atomic E-state index is 3.62. The van der Waals surface area contributed by atoms with Gasteiger partial charge in [0.15, 0.2) is 0 Å². The first kappa shape index (κ1) is 29.1. The van der Waals surface area contributed by atoms with Crippen LogP contribution in [0.5, 0.6) is 0 Å². The molecule has 1 aliphatic heterocycles. The van der Waals surface area contributed by atoms with E-state index in [-0.39, 0.29) is 0 Å². The van der Waals surface area contributed by atoms with E-state index in [1.54, 1.807) is 0 Å². The number of nitrogens with one attached hydrogen (secondary N) is 1. The van der Waals surface area contributed by atoms with E-state index >= 15 is 0 Å². The lowest BCUT2D eigenvalue weighted by atomic mass is 9.84. The lowest BCUT2D eigenvalue weighted by molar-refractivity contribution is 0.885. The van der Waals surface area contributed by atoms with Crippen molar-refractivity contribution in [3.63, 3.8) is 0 Å². The highest BCUT2D eigenvalue weighted by Crippen LogP contribution is 2.54. The minimum atomic E-state index is 0.294. The Kier molecular flexibility index (Phi) is 6.96. The Labute approximate surface area is 296 Å². The summed E-state index contributed by atoms with van der Waals surface area (Å²) in [5.74, 6) is 0.294. The summed E-state index contributed by atoms with van der Waals surface area (Å²) in [5.41, 5.74) is 16.4. The summed E-state index contributed by atoms with van der Waals surface area (Å²) in [6, 6.07) is 59.8. The van der Waals surface area contributed by atoms with Crippen molar-refractivity contribution in [2.45, 2.75) is 16.1 Å². The zero-order chi connectivity index (χ0) is 33.0. The molecule has 0 bridgehead atoms. The van der Waals surface area contributed by atoms with Gasteiger partial charge in [0.2, 0.25) is 0 Å². The normalized spacial score (nSPS) is 16.4. The predicted molar refractivity (Wildman–Crippen MR) is 213 cm³/mol. The number of benzene rings is 7. The molecule has 0 saturated heterocycles. The van der Waals surface area contributed by atoms with Gasteiger partial charge in [0.1, 0.15) is 0 Å². The van der Waals surface area contributed by atoms with Gasteiger partial charge in [-0.25, -0.2) is 0 Å². The first-order valence-corrected chi connectivity index (χ1v) is 18.2. The third-order valence-corrected chi connectivity index (χ3v) is 11.8. The molecule has 0 amide bonds. The second-order valence-corrected chi connectivity index (χ2v) is 14.5. The Morgan fingerprint density at radius 3 is 1.70 bits per heavy atom. The molecule has 2 unspecified atom stereocenters. The van der Waals surface area contributed by atoms with Crippen LogP contribution < -0.4 is 0 Å². The molecular weight excluding hydrogens is 623 g/mol. The number of allylic oxidation sites excluding steroid dienone is 3. The molecule has 0 fully saturated rings. The molecule has 8 aromatic rings. The van der Waals surface area contributed by atoms with Gasteiger partial charge in [0.05, 0.1) is 0 Å². The molecule has 2 heteroatoms. The second kappa shape index (κ2) is 11.9. The first-order chi connectivity index (χ1) is 24.7. The molecule has 2 atom stereocenters. The maximum atomic E-state index is 3.62. The predicted octanol–water partition coefficient (Wildman–Crippen LogP) is 13.2. The van der Waals surface area contributed by atoms with Gasteiger partial charge in [-0.2, -0.15) is 0 Å². The second-order valence-electron chi connectivity index (χ2n) is 13.3. The molecule has 2 heterocycles. The lowest BCUT2D eigenvalue weighted by Crippen LogP contribution is -2.09. The molecule has 236 valence electrons. The fourth-order valence-corrected chi connectivity index (χ4v) is 9.20. The highest BCUT2D eigenvalue weighted by Gasteiger charge is 2.35. The number of hydrogen-bond donors (Lipinski definition) is 1. The molecular formula is C48H33NS. The fourth-order valence-electron chi connectivity index (χ4n) is 7.77. The van der Waals surface area contributed by atoms with E-state index in [4.69, 9.17) is 0 Å².